The molecular weight excluding hydrogens is 224 g/mol. The predicted octanol–water partition coefficient (Wildman–Crippen LogP) is 2.95. The Hall–Kier alpha value is -1.61. The van der Waals surface area contributed by atoms with E-state index < -0.39 is 0 Å². The van der Waals surface area contributed by atoms with E-state index in [1.165, 1.54) is 23.1 Å². The van der Waals surface area contributed by atoms with Crippen LogP contribution in [0.15, 0.2) is 22.7 Å². The van der Waals surface area contributed by atoms with Gasteiger partial charge in [0.05, 0.1) is 5.69 Å². The summed E-state index contributed by atoms with van der Waals surface area (Å²) in [6.07, 6.45) is 2.33. The quantitative estimate of drug-likeness (QED) is 0.880. The van der Waals surface area contributed by atoms with Gasteiger partial charge < -0.3 is 10.3 Å². The number of nitrogens with zero attached hydrogens (tertiary/aromatic N) is 1. The van der Waals surface area contributed by atoms with E-state index in [9.17, 15) is 0 Å². The molecule has 18 heavy (non-hydrogen) atoms. The number of hydrogen-bond acceptors (Lipinski definition) is 3. The van der Waals surface area contributed by atoms with E-state index in [1.54, 1.807) is 0 Å². The molecule has 1 unspecified atom stereocenters. The van der Waals surface area contributed by atoms with Crippen molar-refractivity contribution in [2.24, 2.45) is 5.73 Å². The molecule has 3 heteroatoms. The van der Waals surface area contributed by atoms with Crippen LogP contribution in [0.4, 0.5) is 0 Å². The summed E-state index contributed by atoms with van der Waals surface area (Å²) in [6.45, 7) is 4.68. The zero-order valence-electron chi connectivity index (χ0n) is 10.9. The Morgan fingerprint density at radius 3 is 2.89 bits per heavy atom. The summed E-state index contributed by atoms with van der Waals surface area (Å²) >= 11 is 0. The second kappa shape index (κ2) is 4.25. The molecule has 0 saturated heterocycles. The molecule has 2 aromatic rings. The normalized spacial score (nSPS) is 18.1. The van der Waals surface area contributed by atoms with Gasteiger partial charge in [0.1, 0.15) is 5.76 Å². The summed E-state index contributed by atoms with van der Waals surface area (Å²) in [5, 5.41) is 4.03. The number of nitrogens with two attached hydrogens (primary N) is 1. The van der Waals surface area contributed by atoms with E-state index in [2.05, 4.69) is 23.4 Å². The van der Waals surface area contributed by atoms with Crippen molar-refractivity contribution in [3.63, 3.8) is 0 Å². The maximum absolute atomic E-state index is 5.85. The number of hydrogen-bond donors (Lipinski definition) is 1. The van der Waals surface area contributed by atoms with Crippen LogP contribution in [0.2, 0.25) is 0 Å². The van der Waals surface area contributed by atoms with Crippen LogP contribution in [0.1, 0.15) is 34.9 Å². The van der Waals surface area contributed by atoms with Gasteiger partial charge >= 0.3 is 0 Å². The molecule has 0 radical (unpaired) electrons. The molecule has 2 N–H and O–H groups in total. The summed E-state index contributed by atoms with van der Waals surface area (Å²) in [7, 11) is 0. The number of aryl methyl sites for hydroxylation is 3. The number of aromatic nitrogens is 1. The van der Waals surface area contributed by atoms with Crippen molar-refractivity contribution in [3.8, 4) is 11.1 Å². The Morgan fingerprint density at radius 1 is 1.39 bits per heavy atom. The smallest absolute Gasteiger partial charge is 0.141 e. The van der Waals surface area contributed by atoms with Gasteiger partial charge in [0.25, 0.3) is 0 Å². The average molecular weight is 242 g/mol. The predicted molar refractivity (Wildman–Crippen MR) is 71.5 cm³/mol. The van der Waals surface area contributed by atoms with Crippen LogP contribution in [0.3, 0.4) is 0 Å². The highest BCUT2D eigenvalue weighted by molar-refractivity contribution is 5.69. The molecule has 1 heterocycles. The first-order valence-electron chi connectivity index (χ1n) is 6.47. The molecule has 1 aliphatic rings. The molecule has 1 aromatic heterocycles. The van der Waals surface area contributed by atoms with Gasteiger partial charge in [-0.05, 0) is 55.8 Å². The van der Waals surface area contributed by atoms with Crippen molar-refractivity contribution >= 4 is 0 Å². The molecule has 0 saturated carbocycles. The highest BCUT2D eigenvalue weighted by Gasteiger charge is 2.22. The van der Waals surface area contributed by atoms with Crippen LogP contribution in [0.25, 0.3) is 11.1 Å². The van der Waals surface area contributed by atoms with Gasteiger partial charge in [-0.15, -0.1) is 0 Å². The highest BCUT2D eigenvalue weighted by atomic mass is 16.5. The lowest BCUT2D eigenvalue weighted by molar-refractivity contribution is 0.393. The van der Waals surface area contributed by atoms with Crippen LogP contribution >= 0.6 is 0 Å². The van der Waals surface area contributed by atoms with Crippen molar-refractivity contribution in [1.82, 2.24) is 5.16 Å². The Morgan fingerprint density at radius 2 is 2.22 bits per heavy atom. The SMILES string of the molecule is Cc1noc(C)c1-c1ccc2c(c1)C(CN)CC2. The molecule has 0 spiro atoms. The molecule has 0 aliphatic heterocycles. The minimum atomic E-state index is 0.514. The first-order chi connectivity index (χ1) is 8.70. The summed E-state index contributed by atoms with van der Waals surface area (Å²) in [5.74, 6) is 1.40. The van der Waals surface area contributed by atoms with Gasteiger partial charge in [-0.3, -0.25) is 0 Å². The lowest BCUT2D eigenvalue weighted by atomic mass is 9.95. The molecule has 1 aliphatic carbocycles. The van der Waals surface area contributed by atoms with Crippen LogP contribution in [0.5, 0.6) is 0 Å². The van der Waals surface area contributed by atoms with Crippen molar-refractivity contribution in [2.45, 2.75) is 32.6 Å². The third kappa shape index (κ3) is 1.66. The fourth-order valence-corrected chi connectivity index (χ4v) is 2.98. The number of fused-ring (bicyclic) bond motifs is 1. The molecule has 1 aromatic carbocycles. The fraction of sp³-hybridized carbons (Fsp3) is 0.400. The molecule has 0 bridgehead atoms. The largest absolute Gasteiger partial charge is 0.361 e. The Kier molecular flexibility index (Phi) is 2.71. The van der Waals surface area contributed by atoms with Crippen molar-refractivity contribution in [3.05, 3.63) is 40.8 Å². The van der Waals surface area contributed by atoms with Crippen LogP contribution in [0, 0.1) is 13.8 Å². The fourth-order valence-electron chi connectivity index (χ4n) is 2.98. The maximum Gasteiger partial charge on any atom is 0.141 e. The zero-order chi connectivity index (χ0) is 12.7. The van der Waals surface area contributed by atoms with Gasteiger partial charge in [-0.25, -0.2) is 0 Å². The molecular formula is C15H18N2O. The molecule has 0 fully saturated rings. The molecule has 94 valence electrons. The Bertz CT molecular complexity index is 567. The first kappa shape index (κ1) is 11.5. The third-order valence-electron chi connectivity index (χ3n) is 3.95. The second-order valence-electron chi connectivity index (χ2n) is 5.08. The third-order valence-corrected chi connectivity index (χ3v) is 3.95. The van der Waals surface area contributed by atoms with Crippen LogP contribution in [-0.4, -0.2) is 11.7 Å². The van der Waals surface area contributed by atoms with E-state index in [1.807, 2.05) is 13.8 Å². The first-order valence-corrected chi connectivity index (χ1v) is 6.47. The summed E-state index contributed by atoms with van der Waals surface area (Å²) < 4.78 is 5.25. The minimum Gasteiger partial charge on any atom is -0.361 e. The molecule has 3 nitrogen and oxygen atoms in total. The number of benzene rings is 1. The van der Waals surface area contributed by atoms with E-state index in [4.69, 9.17) is 10.3 Å². The van der Waals surface area contributed by atoms with E-state index >= 15 is 0 Å². The van der Waals surface area contributed by atoms with Crippen molar-refractivity contribution in [1.29, 1.82) is 0 Å². The molecule has 1 atom stereocenters. The van der Waals surface area contributed by atoms with Crippen molar-refractivity contribution < 1.29 is 4.52 Å². The molecule has 3 rings (SSSR count). The maximum atomic E-state index is 5.85. The zero-order valence-corrected chi connectivity index (χ0v) is 10.9. The van der Waals surface area contributed by atoms with Crippen molar-refractivity contribution in [2.75, 3.05) is 6.54 Å². The Balaban J connectivity index is 2.10. The van der Waals surface area contributed by atoms with Crippen LogP contribution < -0.4 is 5.73 Å². The van der Waals surface area contributed by atoms with Gasteiger partial charge in [0, 0.05) is 5.56 Å². The molecule has 0 amide bonds. The van der Waals surface area contributed by atoms with Crippen LogP contribution in [-0.2, 0) is 6.42 Å². The average Bonchev–Trinajstić information content (AvgIpc) is 2.92. The minimum absolute atomic E-state index is 0.514. The highest BCUT2D eigenvalue weighted by Crippen LogP contribution is 2.36. The van der Waals surface area contributed by atoms with Gasteiger partial charge in [0.15, 0.2) is 0 Å². The Labute approximate surface area is 107 Å². The second-order valence-corrected chi connectivity index (χ2v) is 5.08. The lowest BCUT2D eigenvalue weighted by Crippen LogP contribution is -2.09. The summed E-state index contributed by atoms with van der Waals surface area (Å²) in [4.78, 5) is 0. The van der Waals surface area contributed by atoms with Gasteiger partial charge in [0.2, 0.25) is 0 Å². The monoisotopic (exact) mass is 242 g/mol. The number of rotatable bonds is 2. The van der Waals surface area contributed by atoms with E-state index in [0.29, 0.717) is 5.92 Å². The van der Waals surface area contributed by atoms with E-state index in [-0.39, 0.29) is 0 Å². The van der Waals surface area contributed by atoms with Gasteiger partial charge in [-0.2, -0.15) is 0 Å². The summed E-state index contributed by atoms with van der Waals surface area (Å²) in [5.41, 5.74) is 12.0. The lowest BCUT2D eigenvalue weighted by Gasteiger charge is -2.10. The topological polar surface area (TPSA) is 52.0 Å². The van der Waals surface area contributed by atoms with E-state index in [0.717, 1.165) is 30.0 Å². The van der Waals surface area contributed by atoms with Gasteiger partial charge in [-0.1, -0.05) is 23.4 Å². The standard InChI is InChI=1S/C15H18N2O/c1-9-15(10(2)18-17-9)12-5-3-11-4-6-13(8-16)14(11)7-12/h3,5,7,13H,4,6,8,16H2,1-2H3. The summed E-state index contributed by atoms with van der Waals surface area (Å²) in [6, 6.07) is 6.67.